The molecule has 0 saturated carbocycles. The Bertz CT molecular complexity index is 730. The zero-order valence-electron chi connectivity index (χ0n) is 10.9. The maximum Gasteiger partial charge on any atom is 0.138 e. The number of aliphatic hydroxyl groups is 1. The number of benzene rings is 1. The summed E-state index contributed by atoms with van der Waals surface area (Å²) in [6.45, 7) is 3.99. The largest absolute Gasteiger partial charge is 0.458 e. The number of hydrogen-bond donors (Lipinski definition) is 1. The van der Waals surface area contributed by atoms with E-state index >= 15 is 0 Å². The standard InChI is InChI=1S/C16H15NO2/c1-10-3-4-14-12(7-10)8-15(19-14)16(18)13-9-17-6-5-11(13)2/h3-9,16,18H,1-2H3. The fourth-order valence-electron chi connectivity index (χ4n) is 2.23. The van der Waals surface area contributed by atoms with Crippen molar-refractivity contribution in [2.45, 2.75) is 20.0 Å². The molecule has 2 heterocycles. The van der Waals surface area contributed by atoms with Gasteiger partial charge in [0, 0.05) is 23.3 Å². The van der Waals surface area contributed by atoms with Gasteiger partial charge in [0.1, 0.15) is 17.4 Å². The molecule has 2 aromatic heterocycles. The summed E-state index contributed by atoms with van der Waals surface area (Å²) in [5, 5.41) is 11.4. The highest BCUT2D eigenvalue weighted by atomic mass is 16.4. The topological polar surface area (TPSA) is 46.3 Å². The predicted octanol–water partition coefficient (Wildman–Crippen LogP) is 3.53. The van der Waals surface area contributed by atoms with Crippen molar-refractivity contribution in [3.05, 3.63) is 65.2 Å². The number of aliphatic hydroxyl groups excluding tert-OH is 1. The highest BCUT2D eigenvalue weighted by Crippen LogP contribution is 2.29. The molecule has 0 spiro atoms. The second-order valence-corrected chi connectivity index (χ2v) is 4.82. The number of nitrogens with zero attached hydrogens (tertiary/aromatic N) is 1. The van der Waals surface area contributed by atoms with Crippen LogP contribution in [0.4, 0.5) is 0 Å². The first-order valence-corrected chi connectivity index (χ1v) is 6.24. The molecule has 0 aliphatic heterocycles. The van der Waals surface area contributed by atoms with E-state index in [4.69, 9.17) is 4.42 Å². The van der Waals surface area contributed by atoms with Gasteiger partial charge >= 0.3 is 0 Å². The highest BCUT2D eigenvalue weighted by Gasteiger charge is 2.17. The summed E-state index contributed by atoms with van der Waals surface area (Å²) in [7, 11) is 0. The average molecular weight is 253 g/mol. The summed E-state index contributed by atoms with van der Waals surface area (Å²) >= 11 is 0. The second-order valence-electron chi connectivity index (χ2n) is 4.82. The number of fused-ring (bicyclic) bond motifs is 1. The zero-order chi connectivity index (χ0) is 13.4. The minimum Gasteiger partial charge on any atom is -0.458 e. The summed E-state index contributed by atoms with van der Waals surface area (Å²) in [6.07, 6.45) is 2.62. The monoisotopic (exact) mass is 253 g/mol. The molecule has 3 rings (SSSR count). The normalized spacial score (nSPS) is 12.8. The van der Waals surface area contributed by atoms with Crippen LogP contribution in [0.5, 0.6) is 0 Å². The minimum atomic E-state index is -0.776. The van der Waals surface area contributed by atoms with Crippen LogP contribution in [-0.4, -0.2) is 10.1 Å². The van der Waals surface area contributed by atoms with E-state index in [1.807, 2.05) is 44.2 Å². The van der Waals surface area contributed by atoms with Crippen molar-refractivity contribution in [2.75, 3.05) is 0 Å². The Morgan fingerprint density at radius 2 is 2.00 bits per heavy atom. The Morgan fingerprint density at radius 3 is 2.79 bits per heavy atom. The van der Waals surface area contributed by atoms with Gasteiger partial charge in [-0.1, -0.05) is 11.6 Å². The van der Waals surface area contributed by atoms with Gasteiger partial charge < -0.3 is 9.52 Å². The highest BCUT2D eigenvalue weighted by molar-refractivity contribution is 5.78. The molecule has 0 saturated heterocycles. The molecule has 96 valence electrons. The Balaban J connectivity index is 2.07. The first-order chi connectivity index (χ1) is 9.15. The molecule has 19 heavy (non-hydrogen) atoms. The average Bonchev–Trinajstić information content (AvgIpc) is 2.81. The van der Waals surface area contributed by atoms with Gasteiger partial charge in [-0.3, -0.25) is 4.98 Å². The van der Waals surface area contributed by atoms with E-state index in [0.29, 0.717) is 5.76 Å². The smallest absolute Gasteiger partial charge is 0.138 e. The maximum atomic E-state index is 10.4. The molecule has 0 aliphatic rings. The van der Waals surface area contributed by atoms with E-state index in [1.165, 1.54) is 5.56 Å². The van der Waals surface area contributed by atoms with E-state index in [2.05, 4.69) is 4.98 Å². The van der Waals surface area contributed by atoms with Crippen LogP contribution >= 0.6 is 0 Å². The quantitative estimate of drug-likeness (QED) is 0.760. The van der Waals surface area contributed by atoms with Gasteiger partial charge in [0.2, 0.25) is 0 Å². The number of rotatable bonds is 2. The summed E-state index contributed by atoms with van der Waals surface area (Å²) < 4.78 is 5.72. The van der Waals surface area contributed by atoms with E-state index in [0.717, 1.165) is 22.1 Å². The van der Waals surface area contributed by atoms with Gasteiger partial charge in [-0.25, -0.2) is 0 Å². The van der Waals surface area contributed by atoms with Crippen molar-refractivity contribution >= 4 is 11.0 Å². The molecule has 0 fully saturated rings. The maximum absolute atomic E-state index is 10.4. The van der Waals surface area contributed by atoms with Crippen molar-refractivity contribution in [3.63, 3.8) is 0 Å². The molecule has 3 nitrogen and oxygen atoms in total. The Hall–Kier alpha value is -2.13. The van der Waals surface area contributed by atoms with Crippen LogP contribution in [-0.2, 0) is 0 Å². The molecule has 3 aromatic rings. The summed E-state index contributed by atoms with van der Waals surface area (Å²) in [5.41, 5.74) is 3.74. The lowest BCUT2D eigenvalue weighted by Gasteiger charge is -2.09. The van der Waals surface area contributed by atoms with Crippen LogP contribution in [0.2, 0.25) is 0 Å². The van der Waals surface area contributed by atoms with Crippen molar-refractivity contribution in [1.82, 2.24) is 4.98 Å². The molecule has 0 radical (unpaired) electrons. The molecule has 1 N–H and O–H groups in total. The van der Waals surface area contributed by atoms with Crippen molar-refractivity contribution < 1.29 is 9.52 Å². The predicted molar refractivity (Wildman–Crippen MR) is 74.0 cm³/mol. The molecule has 1 aromatic carbocycles. The number of aryl methyl sites for hydroxylation is 2. The third-order valence-electron chi connectivity index (χ3n) is 3.33. The minimum absolute atomic E-state index is 0.553. The van der Waals surface area contributed by atoms with Gasteiger partial charge in [0.25, 0.3) is 0 Å². The summed E-state index contributed by atoms with van der Waals surface area (Å²) in [6, 6.07) is 9.74. The van der Waals surface area contributed by atoms with Crippen LogP contribution in [0.25, 0.3) is 11.0 Å². The number of furan rings is 1. The lowest BCUT2D eigenvalue weighted by molar-refractivity contribution is 0.191. The summed E-state index contributed by atoms with van der Waals surface area (Å²) in [4.78, 5) is 4.06. The van der Waals surface area contributed by atoms with Gasteiger partial charge in [-0.15, -0.1) is 0 Å². The Labute approximate surface area is 111 Å². The van der Waals surface area contributed by atoms with Crippen LogP contribution in [0.1, 0.15) is 28.6 Å². The van der Waals surface area contributed by atoms with Crippen molar-refractivity contribution in [2.24, 2.45) is 0 Å². The first kappa shape index (κ1) is 11.9. The number of aromatic nitrogens is 1. The van der Waals surface area contributed by atoms with Crippen LogP contribution in [0.3, 0.4) is 0 Å². The zero-order valence-corrected chi connectivity index (χ0v) is 10.9. The molecule has 0 aliphatic carbocycles. The molecule has 3 heteroatoms. The van der Waals surface area contributed by atoms with Crippen LogP contribution < -0.4 is 0 Å². The van der Waals surface area contributed by atoms with Gasteiger partial charge in [-0.2, -0.15) is 0 Å². The lowest BCUT2D eigenvalue weighted by Crippen LogP contribution is -2.01. The van der Waals surface area contributed by atoms with E-state index in [-0.39, 0.29) is 0 Å². The Morgan fingerprint density at radius 1 is 1.16 bits per heavy atom. The SMILES string of the molecule is Cc1ccc2oc(C(O)c3cnccc3C)cc2c1. The van der Waals surface area contributed by atoms with Crippen molar-refractivity contribution in [3.8, 4) is 0 Å². The molecule has 1 atom stereocenters. The number of hydrogen-bond acceptors (Lipinski definition) is 3. The first-order valence-electron chi connectivity index (χ1n) is 6.24. The van der Waals surface area contributed by atoms with Gasteiger partial charge in [-0.05, 0) is 43.7 Å². The second kappa shape index (κ2) is 4.52. The molecule has 1 unspecified atom stereocenters. The fourth-order valence-corrected chi connectivity index (χ4v) is 2.23. The lowest BCUT2D eigenvalue weighted by atomic mass is 10.0. The molecular formula is C16H15NO2. The van der Waals surface area contributed by atoms with Crippen LogP contribution in [0, 0.1) is 13.8 Å². The van der Waals surface area contributed by atoms with E-state index < -0.39 is 6.10 Å². The Kier molecular flexibility index (Phi) is 2.84. The molecule has 0 amide bonds. The van der Waals surface area contributed by atoms with Gasteiger partial charge in [0.15, 0.2) is 0 Å². The number of pyridine rings is 1. The molecular weight excluding hydrogens is 238 g/mol. The third kappa shape index (κ3) is 2.13. The van der Waals surface area contributed by atoms with E-state index in [9.17, 15) is 5.11 Å². The fraction of sp³-hybridized carbons (Fsp3) is 0.188. The van der Waals surface area contributed by atoms with Gasteiger partial charge in [0.05, 0.1) is 0 Å². The third-order valence-corrected chi connectivity index (χ3v) is 3.33. The van der Waals surface area contributed by atoms with Crippen molar-refractivity contribution in [1.29, 1.82) is 0 Å². The van der Waals surface area contributed by atoms with Crippen LogP contribution in [0.15, 0.2) is 47.1 Å². The van der Waals surface area contributed by atoms with E-state index in [1.54, 1.807) is 12.4 Å². The molecule has 0 bridgehead atoms. The summed E-state index contributed by atoms with van der Waals surface area (Å²) in [5.74, 6) is 0.553.